The maximum absolute atomic E-state index is 10.1. The van der Waals surface area contributed by atoms with E-state index in [1.807, 2.05) is 12.2 Å². The van der Waals surface area contributed by atoms with E-state index in [4.69, 9.17) is 10.2 Å². The van der Waals surface area contributed by atoms with Crippen molar-refractivity contribution in [1.82, 2.24) is 0 Å². The predicted octanol–water partition coefficient (Wildman–Crippen LogP) is 1.57. The van der Waals surface area contributed by atoms with E-state index >= 15 is 0 Å². The minimum atomic E-state index is -0.727. The quantitative estimate of drug-likeness (QED) is 0.452. The van der Waals surface area contributed by atoms with Gasteiger partial charge >= 0.3 is 5.97 Å². The lowest BCUT2D eigenvalue weighted by atomic mass is 10.2. The molecule has 0 heterocycles. The van der Waals surface area contributed by atoms with Crippen molar-refractivity contribution in [2.45, 2.75) is 32.1 Å². The molecule has 0 aliphatic heterocycles. The molecule has 0 amide bonds. The van der Waals surface area contributed by atoms with Gasteiger partial charge in [0.05, 0.1) is 0 Å². The highest BCUT2D eigenvalue weighted by molar-refractivity contribution is 5.66. The Hall–Kier alpha value is -0.830. The number of aliphatic carboxylic acids is 1. The van der Waals surface area contributed by atoms with E-state index in [1.54, 1.807) is 0 Å². The Labute approximate surface area is 72.7 Å². The van der Waals surface area contributed by atoms with Gasteiger partial charge in [0.25, 0.3) is 0 Å². The molecule has 12 heavy (non-hydrogen) atoms. The van der Waals surface area contributed by atoms with Crippen molar-refractivity contribution >= 4 is 5.97 Å². The van der Waals surface area contributed by atoms with E-state index in [-0.39, 0.29) is 13.0 Å². The third kappa shape index (κ3) is 9.17. The fourth-order valence-corrected chi connectivity index (χ4v) is 0.849. The molecule has 0 aromatic carbocycles. The largest absolute Gasteiger partial charge is 0.481 e. The molecule has 0 saturated carbocycles. The molecule has 0 radical (unpaired) electrons. The van der Waals surface area contributed by atoms with Gasteiger partial charge in [0, 0.05) is 13.0 Å². The van der Waals surface area contributed by atoms with Gasteiger partial charge in [-0.15, -0.1) is 0 Å². The van der Waals surface area contributed by atoms with E-state index in [9.17, 15) is 4.79 Å². The summed E-state index contributed by atoms with van der Waals surface area (Å²) >= 11 is 0. The fourth-order valence-electron chi connectivity index (χ4n) is 0.849. The lowest BCUT2D eigenvalue weighted by molar-refractivity contribution is -0.137. The molecule has 2 N–H and O–H groups in total. The van der Waals surface area contributed by atoms with Gasteiger partial charge in [0.1, 0.15) is 0 Å². The first-order valence-electron chi connectivity index (χ1n) is 4.25. The zero-order valence-corrected chi connectivity index (χ0v) is 7.20. The van der Waals surface area contributed by atoms with Crippen LogP contribution in [0.25, 0.3) is 0 Å². The van der Waals surface area contributed by atoms with Crippen LogP contribution in [-0.2, 0) is 4.79 Å². The zero-order chi connectivity index (χ0) is 9.23. The van der Waals surface area contributed by atoms with Crippen LogP contribution in [0.15, 0.2) is 12.2 Å². The van der Waals surface area contributed by atoms with Crippen molar-refractivity contribution in [3.63, 3.8) is 0 Å². The lowest BCUT2D eigenvalue weighted by Gasteiger charge is -1.92. The van der Waals surface area contributed by atoms with Crippen LogP contribution in [0.2, 0.25) is 0 Å². The summed E-state index contributed by atoms with van der Waals surface area (Å²) in [4.78, 5) is 10.1. The number of allylic oxidation sites excluding steroid dienone is 1. The van der Waals surface area contributed by atoms with Crippen LogP contribution in [0.1, 0.15) is 32.1 Å². The van der Waals surface area contributed by atoms with Crippen LogP contribution in [0, 0.1) is 0 Å². The molecule has 0 aliphatic rings. The Kier molecular flexibility index (Phi) is 7.70. The monoisotopic (exact) mass is 172 g/mol. The van der Waals surface area contributed by atoms with Crippen LogP contribution in [0.4, 0.5) is 0 Å². The molecule has 0 aromatic heterocycles. The summed E-state index contributed by atoms with van der Waals surface area (Å²) < 4.78 is 0. The Balaban J connectivity index is 3.05. The summed E-state index contributed by atoms with van der Waals surface area (Å²) in [5, 5.41) is 16.7. The molecule has 0 rings (SSSR count). The standard InChI is InChI=1S/C9H16O3/c10-8-6-4-2-1-3-5-7-9(11)12/h2,4,10H,1,3,5-8H2,(H,11,12). The number of unbranched alkanes of at least 4 members (excludes halogenated alkanes) is 2. The van der Waals surface area contributed by atoms with E-state index in [1.165, 1.54) is 0 Å². The van der Waals surface area contributed by atoms with E-state index in [2.05, 4.69) is 0 Å². The summed E-state index contributed by atoms with van der Waals surface area (Å²) in [7, 11) is 0. The highest BCUT2D eigenvalue weighted by Gasteiger charge is 1.93. The highest BCUT2D eigenvalue weighted by Crippen LogP contribution is 2.00. The van der Waals surface area contributed by atoms with Gasteiger partial charge < -0.3 is 10.2 Å². The van der Waals surface area contributed by atoms with Crippen LogP contribution >= 0.6 is 0 Å². The summed E-state index contributed by atoms with van der Waals surface area (Å²) in [6, 6.07) is 0. The minimum Gasteiger partial charge on any atom is -0.481 e. The number of carbonyl (C=O) groups is 1. The summed E-state index contributed by atoms with van der Waals surface area (Å²) in [6.45, 7) is 0.186. The molecule has 0 spiro atoms. The van der Waals surface area contributed by atoms with Crippen molar-refractivity contribution in [1.29, 1.82) is 0 Å². The summed E-state index contributed by atoms with van der Waals surface area (Å²) in [5.74, 6) is -0.727. The second-order valence-corrected chi connectivity index (χ2v) is 2.62. The van der Waals surface area contributed by atoms with Crippen molar-refractivity contribution in [3.05, 3.63) is 12.2 Å². The number of rotatable bonds is 7. The van der Waals surface area contributed by atoms with E-state index < -0.39 is 5.97 Å². The average molecular weight is 172 g/mol. The number of hydrogen-bond donors (Lipinski definition) is 2. The fraction of sp³-hybridized carbons (Fsp3) is 0.667. The van der Waals surface area contributed by atoms with Gasteiger partial charge in [0.15, 0.2) is 0 Å². The summed E-state index contributed by atoms with van der Waals surface area (Å²) in [6.07, 6.45) is 7.41. The molecule has 0 fully saturated rings. The van der Waals surface area contributed by atoms with Crippen LogP contribution < -0.4 is 0 Å². The lowest BCUT2D eigenvalue weighted by Crippen LogP contribution is -1.92. The second kappa shape index (κ2) is 8.27. The van der Waals surface area contributed by atoms with Crippen LogP contribution in [0.5, 0.6) is 0 Å². The first-order valence-corrected chi connectivity index (χ1v) is 4.25. The molecule has 0 atom stereocenters. The second-order valence-electron chi connectivity index (χ2n) is 2.62. The highest BCUT2D eigenvalue weighted by atomic mass is 16.4. The van der Waals surface area contributed by atoms with E-state index in [0.29, 0.717) is 6.42 Å². The van der Waals surface area contributed by atoms with Gasteiger partial charge in [-0.1, -0.05) is 12.2 Å². The molecule has 3 nitrogen and oxygen atoms in total. The van der Waals surface area contributed by atoms with Gasteiger partial charge in [-0.05, 0) is 25.7 Å². The molecule has 0 aliphatic carbocycles. The molecule has 3 heteroatoms. The Morgan fingerprint density at radius 3 is 2.42 bits per heavy atom. The molecular formula is C9H16O3. The van der Waals surface area contributed by atoms with Crippen LogP contribution in [0.3, 0.4) is 0 Å². The Morgan fingerprint density at radius 1 is 1.17 bits per heavy atom. The molecule has 0 aromatic rings. The molecule has 0 unspecified atom stereocenters. The SMILES string of the molecule is O=C(O)CCCCC=CCCO. The predicted molar refractivity (Wildman–Crippen MR) is 46.9 cm³/mol. The van der Waals surface area contributed by atoms with Crippen molar-refractivity contribution in [2.24, 2.45) is 0 Å². The van der Waals surface area contributed by atoms with Crippen molar-refractivity contribution in [3.8, 4) is 0 Å². The third-order valence-electron chi connectivity index (χ3n) is 1.47. The molecule has 0 saturated heterocycles. The van der Waals surface area contributed by atoms with Crippen LogP contribution in [-0.4, -0.2) is 22.8 Å². The maximum atomic E-state index is 10.1. The van der Waals surface area contributed by atoms with Crippen molar-refractivity contribution < 1.29 is 15.0 Å². The number of aliphatic hydroxyl groups is 1. The number of carboxylic acids is 1. The first-order chi connectivity index (χ1) is 5.77. The van der Waals surface area contributed by atoms with E-state index in [0.717, 1.165) is 19.3 Å². The van der Waals surface area contributed by atoms with Gasteiger partial charge in [-0.2, -0.15) is 0 Å². The van der Waals surface area contributed by atoms with Gasteiger partial charge in [-0.3, -0.25) is 4.79 Å². The molecule has 70 valence electrons. The normalized spacial score (nSPS) is 10.8. The molecule has 0 bridgehead atoms. The number of carboxylic acid groups (broad SMARTS) is 1. The van der Waals surface area contributed by atoms with Gasteiger partial charge in [-0.25, -0.2) is 0 Å². The first kappa shape index (κ1) is 11.2. The minimum absolute atomic E-state index is 0.186. The average Bonchev–Trinajstić information content (AvgIpc) is 2.02. The smallest absolute Gasteiger partial charge is 0.303 e. The Morgan fingerprint density at radius 2 is 1.83 bits per heavy atom. The number of aliphatic hydroxyl groups excluding tert-OH is 1. The molecular weight excluding hydrogens is 156 g/mol. The van der Waals surface area contributed by atoms with Gasteiger partial charge in [0.2, 0.25) is 0 Å². The van der Waals surface area contributed by atoms with Crippen molar-refractivity contribution in [2.75, 3.05) is 6.61 Å². The Bertz CT molecular complexity index is 141. The third-order valence-corrected chi connectivity index (χ3v) is 1.47. The summed E-state index contributed by atoms with van der Waals surface area (Å²) in [5.41, 5.74) is 0. The maximum Gasteiger partial charge on any atom is 0.303 e. The topological polar surface area (TPSA) is 57.5 Å². The zero-order valence-electron chi connectivity index (χ0n) is 7.20. The number of hydrogen-bond acceptors (Lipinski definition) is 2.